The quantitative estimate of drug-likeness (QED) is 0.621. The lowest BCUT2D eigenvalue weighted by Crippen LogP contribution is -2.50. The van der Waals surface area contributed by atoms with E-state index in [0.29, 0.717) is 0 Å². The number of halogens is 2. The Balaban J connectivity index is 2.45. The lowest BCUT2D eigenvalue weighted by Gasteiger charge is -2.31. The van der Waals surface area contributed by atoms with Gasteiger partial charge >= 0.3 is 0 Å². The average Bonchev–Trinajstić information content (AvgIpc) is 2.71. The van der Waals surface area contributed by atoms with Crippen molar-refractivity contribution < 1.29 is 18.0 Å². The molecule has 1 unspecified atom stereocenters. The molecule has 0 saturated heterocycles. The van der Waals surface area contributed by atoms with Gasteiger partial charge in [0, 0.05) is 13.6 Å². The number of aryl methyl sites for hydroxylation is 1. The SMILES string of the molecule is CNC(=O)C(C)N(Cc1ccccc1C)C(=O)CN(c1cccc(Cl)c1Cl)S(C)(=O)=O. The normalized spacial score (nSPS) is 12.2. The molecule has 10 heteroatoms. The Bertz CT molecular complexity index is 1080. The second kappa shape index (κ2) is 10.3. The smallest absolute Gasteiger partial charge is 0.244 e. The Hall–Kier alpha value is -2.29. The van der Waals surface area contributed by atoms with Crippen molar-refractivity contribution in [3.63, 3.8) is 0 Å². The molecule has 7 nitrogen and oxygen atoms in total. The molecule has 0 aromatic heterocycles. The molecule has 0 aliphatic heterocycles. The molecular weight excluding hydrogens is 461 g/mol. The molecule has 0 bridgehead atoms. The largest absolute Gasteiger partial charge is 0.357 e. The van der Waals surface area contributed by atoms with Crippen molar-refractivity contribution in [3.05, 3.63) is 63.6 Å². The second-order valence-electron chi connectivity index (χ2n) is 7.08. The lowest BCUT2D eigenvalue weighted by atomic mass is 10.1. The molecule has 2 aromatic carbocycles. The number of hydrogen-bond acceptors (Lipinski definition) is 4. The van der Waals surface area contributed by atoms with Crippen molar-refractivity contribution in [3.8, 4) is 0 Å². The van der Waals surface area contributed by atoms with Crippen molar-refractivity contribution in [1.82, 2.24) is 10.2 Å². The number of benzene rings is 2. The number of likely N-dealkylation sites (N-methyl/N-ethyl adjacent to an activating group) is 1. The zero-order valence-electron chi connectivity index (χ0n) is 17.7. The fourth-order valence-corrected chi connectivity index (χ4v) is 4.34. The van der Waals surface area contributed by atoms with E-state index in [0.717, 1.165) is 21.7 Å². The summed E-state index contributed by atoms with van der Waals surface area (Å²) < 4.78 is 25.9. The van der Waals surface area contributed by atoms with Gasteiger partial charge in [0.1, 0.15) is 12.6 Å². The van der Waals surface area contributed by atoms with Crippen LogP contribution in [0.4, 0.5) is 5.69 Å². The highest BCUT2D eigenvalue weighted by Gasteiger charge is 2.30. The first-order valence-corrected chi connectivity index (χ1v) is 12.0. The van der Waals surface area contributed by atoms with Crippen LogP contribution in [0.3, 0.4) is 0 Å². The van der Waals surface area contributed by atoms with Gasteiger partial charge in [0.15, 0.2) is 0 Å². The van der Waals surface area contributed by atoms with E-state index in [1.165, 1.54) is 24.1 Å². The van der Waals surface area contributed by atoms with E-state index in [2.05, 4.69) is 5.32 Å². The first-order chi connectivity index (χ1) is 14.5. The van der Waals surface area contributed by atoms with Gasteiger partial charge in [0.05, 0.1) is 22.0 Å². The van der Waals surface area contributed by atoms with E-state index < -0.39 is 28.5 Å². The molecule has 0 heterocycles. The Kier molecular flexibility index (Phi) is 8.34. The first kappa shape index (κ1) is 25.0. The van der Waals surface area contributed by atoms with Crippen molar-refractivity contribution in [1.29, 1.82) is 0 Å². The maximum Gasteiger partial charge on any atom is 0.244 e. The molecule has 0 aliphatic carbocycles. The van der Waals surface area contributed by atoms with Crippen molar-refractivity contribution in [2.45, 2.75) is 26.4 Å². The zero-order valence-corrected chi connectivity index (χ0v) is 20.1. The standard InChI is InChI=1S/C21H25Cl2N3O4S/c1-14-8-5-6-9-16(14)12-25(15(2)21(28)24-3)19(27)13-26(31(4,29)30)18-11-7-10-17(22)20(18)23/h5-11,15H,12-13H2,1-4H3,(H,24,28). The van der Waals surface area contributed by atoms with E-state index in [-0.39, 0.29) is 28.2 Å². The lowest BCUT2D eigenvalue weighted by molar-refractivity contribution is -0.139. The summed E-state index contributed by atoms with van der Waals surface area (Å²) in [5, 5.41) is 2.71. The maximum absolute atomic E-state index is 13.3. The summed E-state index contributed by atoms with van der Waals surface area (Å²) in [5.74, 6) is -0.922. The summed E-state index contributed by atoms with van der Waals surface area (Å²) in [7, 11) is -2.40. The van der Waals surface area contributed by atoms with Crippen LogP contribution in [0.25, 0.3) is 0 Å². The van der Waals surface area contributed by atoms with Crippen molar-refractivity contribution in [2.75, 3.05) is 24.2 Å². The predicted molar refractivity (Wildman–Crippen MR) is 124 cm³/mol. The molecule has 0 saturated carbocycles. The van der Waals surface area contributed by atoms with Gasteiger partial charge in [-0.2, -0.15) is 0 Å². The number of hydrogen-bond donors (Lipinski definition) is 1. The number of rotatable bonds is 8. The molecule has 1 N–H and O–H groups in total. The van der Waals surface area contributed by atoms with E-state index in [9.17, 15) is 18.0 Å². The third-order valence-corrected chi connectivity index (χ3v) is 6.83. The Morgan fingerprint density at radius 1 is 1.10 bits per heavy atom. The highest BCUT2D eigenvalue weighted by molar-refractivity contribution is 7.92. The number of nitrogens with one attached hydrogen (secondary N) is 1. The van der Waals surface area contributed by atoms with E-state index in [4.69, 9.17) is 23.2 Å². The van der Waals surface area contributed by atoms with Crippen molar-refractivity contribution >= 4 is 50.7 Å². The van der Waals surface area contributed by atoms with Gasteiger partial charge in [0.25, 0.3) is 0 Å². The highest BCUT2D eigenvalue weighted by atomic mass is 35.5. The summed E-state index contributed by atoms with van der Waals surface area (Å²) in [6, 6.07) is 11.2. The molecule has 31 heavy (non-hydrogen) atoms. The van der Waals surface area contributed by atoms with Crippen LogP contribution in [0.2, 0.25) is 10.0 Å². The molecule has 0 spiro atoms. The van der Waals surface area contributed by atoms with Crippen LogP contribution in [-0.4, -0.2) is 51.0 Å². The average molecular weight is 486 g/mol. The molecule has 168 valence electrons. The van der Waals surface area contributed by atoms with Crippen LogP contribution in [0.15, 0.2) is 42.5 Å². The molecule has 0 radical (unpaired) electrons. The molecule has 0 fully saturated rings. The second-order valence-corrected chi connectivity index (χ2v) is 9.77. The molecule has 0 aliphatic rings. The topological polar surface area (TPSA) is 86.8 Å². The Morgan fingerprint density at radius 3 is 2.32 bits per heavy atom. The van der Waals surface area contributed by atoms with Crippen molar-refractivity contribution in [2.24, 2.45) is 0 Å². The van der Waals surface area contributed by atoms with Crippen LogP contribution in [0.1, 0.15) is 18.1 Å². The van der Waals surface area contributed by atoms with Crippen LogP contribution >= 0.6 is 23.2 Å². The minimum Gasteiger partial charge on any atom is -0.357 e. The molecule has 1 atom stereocenters. The summed E-state index contributed by atoms with van der Waals surface area (Å²) in [5.41, 5.74) is 1.88. The predicted octanol–water partition coefficient (Wildman–Crippen LogP) is 3.23. The third kappa shape index (κ3) is 6.12. The van der Waals surface area contributed by atoms with Gasteiger partial charge in [0.2, 0.25) is 21.8 Å². The Labute approximate surface area is 193 Å². The minimum absolute atomic E-state index is 0.0206. The van der Waals surface area contributed by atoms with Crippen LogP contribution in [-0.2, 0) is 26.2 Å². The van der Waals surface area contributed by atoms with Crippen LogP contribution in [0.5, 0.6) is 0 Å². The number of nitrogens with zero attached hydrogens (tertiary/aromatic N) is 2. The number of carbonyl (C=O) groups excluding carboxylic acids is 2. The summed E-state index contributed by atoms with van der Waals surface area (Å²) in [6.07, 6.45) is 0.978. The van der Waals surface area contributed by atoms with E-state index in [1.54, 1.807) is 13.0 Å². The van der Waals surface area contributed by atoms with E-state index in [1.807, 2.05) is 31.2 Å². The number of anilines is 1. The van der Waals surface area contributed by atoms with Crippen LogP contribution < -0.4 is 9.62 Å². The number of sulfonamides is 1. The monoisotopic (exact) mass is 485 g/mol. The third-order valence-electron chi connectivity index (χ3n) is 4.89. The van der Waals surface area contributed by atoms with E-state index >= 15 is 0 Å². The summed E-state index contributed by atoms with van der Waals surface area (Å²) in [6.45, 7) is 3.09. The Morgan fingerprint density at radius 2 is 1.74 bits per heavy atom. The summed E-state index contributed by atoms with van der Waals surface area (Å²) >= 11 is 12.3. The maximum atomic E-state index is 13.3. The zero-order chi connectivity index (χ0) is 23.3. The highest BCUT2D eigenvalue weighted by Crippen LogP contribution is 2.33. The van der Waals surface area contributed by atoms with Gasteiger partial charge in [-0.1, -0.05) is 53.5 Å². The van der Waals surface area contributed by atoms with Gasteiger partial charge in [-0.15, -0.1) is 0 Å². The molecule has 2 aromatic rings. The fourth-order valence-electron chi connectivity index (χ4n) is 3.04. The van der Waals surface area contributed by atoms with Crippen LogP contribution in [0, 0.1) is 6.92 Å². The fraction of sp³-hybridized carbons (Fsp3) is 0.333. The molecule has 2 amide bonds. The summed E-state index contributed by atoms with van der Waals surface area (Å²) in [4.78, 5) is 27.0. The van der Waals surface area contributed by atoms with Gasteiger partial charge in [-0.05, 0) is 37.1 Å². The first-order valence-electron chi connectivity index (χ1n) is 9.44. The number of amides is 2. The number of carbonyl (C=O) groups is 2. The van der Waals surface area contributed by atoms with Gasteiger partial charge < -0.3 is 10.2 Å². The van der Waals surface area contributed by atoms with Gasteiger partial charge in [-0.3, -0.25) is 13.9 Å². The molecule has 2 rings (SSSR count). The molecular formula is C21H25Cl2N3O4S. The van der Waals surface area contributed by atoms with Gasteiger partial charge in [-0.25, -0.2) is 8.42 Å². The minimum atomic E-state index is -3.88.